The molecule has 3 aromatic carbocycles. The van der Waals surface area contributed by atoms with Crippen LogP contribution < -0.4 is 20.1 Å². The number of rotatable bonds is 7. The van der Waals surface area contributed by atoms with Crippen molar-refractivity contribution in [3.8, 4) is 11.5 Å². The highest BCUT2D eigenvalue weighted by Gasteiger charge is 2.23. The van der Waals surface area contributed by atoms with Crippen LogP contribution in [0.3, 0.4) is 0 Å². The number of amides is 2. The zero-order valence-corrected chi connectivity index (χ0v) is 17.7. The van der Waals surface area contributed by atoms with Crippen molar-refractivity contribution in [3.63, 3.8) is 0 Å². The van der Waals surface area contributed by atoms with Gasteiger partial charge in [0.05, 0.1) is 19.4 Å². The van der Waals surface area contributed by atoms with Crippen LogP contribution in [0.1, 0.15) is 27.8 Å². The molecule has 0 aliphatic rings. The molecule has 0 saturated carbocycles. The Morgan fingerprint density at radius 1 is 0.875 bits per heavy atom. The Balaban J connectivity index is 1.65. The molecule has 7 heteroatoms. The number of carbonyl (C=O) groups excluding carboxylic acids is 2. The number of furan rings is 1. The molecule has 4 aromatic rings. The van der Waals surface area contributed by atoms with Crippen LogP contribution in [0, 0.1) is 0 Å². The Morgan fingerprint density at radius 2 is 1.59 bits per heavy atom. The molecule has 0 bridgehead atoms. The molecule has 0 atom stereocenters. The number of benzene rings is 3. The van der Waals surface area contributed by atoms with Gasteiger partial charge in [-0.05, 0) is 55.5 Å². The van der Waals surface area contributed by atoms with Crippen molar-refractivity contribution in [2.75, 3.05) is 24.4 Å². The lowest BCUT2D eigenvalue weighted by Crippen LogP contribution is -2.17. The van der Waals surface area contributed by atoms with Gasteiger partial charge in [0.15, 0.2) is 0 Å². The molecule has 2 amide bonds. The number of methoxy groups -OCH3 is 1. The minimum absolute atomic E-state index is 0.00334. The van der Waals surface area contributed by atoms with Gasteiger partial charge in [0.2, 0.25) is 5.76 Å². The van der Waals surface area contributed by atoms with E-state index in [1.807, 2.05) is 13.0 Å². The second-order valence-electron chi connectivity index (χ2n) is 6.87. The van der Waals surface area contributed by atoms with E-state index in [2.05, 4.69) is 10.6 Å². The van der Waals surface area contributed by atoms with E-state index in [0.717, 1.165) is 0 Å². The van der Waals surface area contributed by atoms with E-state index in [0.29, 0.717) is 46.0 Å². The predicted octanol–water partition coefficient (Wildman–Crippen LogP) is 5.34. The largest absolute Gasteiger partial charge is 0.495 e. The summed E-state index contributed by atoms with van der Waals surface area (Å²) >= 11 is 0. The number of carbonyl (C=O) groups is 2. The fourth-order valence-corrected chi connectivity index (χ4v) is 3.31. The molecule has 32 heavy (non-hydrogen) atoms. The summed E-state index contributed by atoms with van der Waals surface area (Å²) in [5.74, 6) is 0.307. The first-order chi connectivity index (χ1) is 15.6. The molecule has 0 aliphatic heterocycles. The summed E-state index contributed by atoms with van der Waals surface area (Å²) in [5.41, 5.74) is 1.70. The van der Waals surface area contributed by atoms with Crippen molar-refractivity contribution >= 4 is 34.2 Å². The van der Waals surface area contributed by atoms with Gasteiger partial charge in [0.1, 0.15) is 22.8 Å². The Bertz CT molecular complexity index is 1260. The van der Waals surface area contributed by atoms with Gasteiger partial charge in [0, 0.05) is 10.9 Å². The first-order valence-electron chi connectivity index (χ1n) is 10.1. The van der Waals surface area contributed by atoms with Crippen LogP contribution >= 0.6 is 0 Å². The minimum Gasteiger partial charge on any atom is -0.495 e. The zero-order chi connectivity index (χ0) is 22.5. The number of hydrogen-bond donors (Lipinski definition) is 2. The molecule has 0 spiro atoms. The standard InChI is InChI=1S/C25H22N2O5/c1-3-31-17-14-12-16(13-15-17)24(28)27-22-18-8-4-6-10-20(18)32-23(22)25(29)26-19-9-5-7-11-21(19)30-2/h4-15H,3H2,1-2H3,(H,26,29)(H,27,28). The van der Waals surface area contributed by atoms with Crippen LogP contribution in [0.2, 0.25) is 0 Å². The van der Waals surface area contributed by atoms with E-state index >= 15 is 0 Å². The molecule has 0 fully saturated rings. The van der Waals surface area contributed by atoms with E-state index < -0.39 is 5.91 Å². The summed E-state index contributed by atoms with van der Waals surface area (Å²) < 4.78 is 16.5. The van der Waals surface area contributed by atoms with E-state index in [1.165, 1.54) is 7.11 Å². The molecule has 7 nitrogen and oxygen atoms in total. The molecular weight excluding hydrogens is 408 g/mol. The molecular formula is C25H22N2O5. The van der Waals surface area contributed by atoms with Gasteiger partial charge in [-0.3, -0.25) is 9.59 Å². The lowest BCUT2D eigenvalue weighted by Gasteiger charge is -2.10. The summed E-state index contributed by atoms with van der Waals surface area (Å²) in [6, 6.07) is 21.0. The SMILES string of the molecule is CCOc1ccc(C(=O)Nc2c(C(=O)Nc3ccccc3OC)oc3ccccc23)cc1. The average molecular weight is 430 g/mol. The summed E-state index contributed by atoms with van der Waals surface area (Å²) in [6.07, 6.45) is 0. The van der Waals surface area contributed by atoms with Crippen LogP contribution in [0.15, 0.2) is 77.2 Å². The van der Waals surface area contributed by atoms with Crippen LogP contribution in [-0.2, 0) is 0 Å². The highest BCUT2D eigenvalue weighted by Crippen LogP contribution is 2.33. The fourth-order valence-electron chi connectivity index (χ4n) is 3.31. The normalized spacial score (nSPS) is 10.6. The average Bonchev–Trinajstić information content (AvgIpc) is 3.18. The van der Waals surface area contributed by atoms with Gasteiger partial charge >= 0.3 is 0 Å². The zero-order valence-electron chi connectivity index (χ0n) is 17.7. The number of nitrogens with one attached hydrogen (secondary N) is 2. The summed E-state index contributed by atoms with van der Waals surface area (Å²) in [5, 5.41) is 6.24. The van der Waals surface area contributed by atoms with E-state index in [-0.39, 0.29) is 11.7 Å². The van der Waals surface area contributed by atoms with Crippen LogP contribution in [0.5, 0.6) is 11.5 Å². The second-order valence-corrected chi connectivity index (χ2v) is 6.87. The van der Waals surface area contributed by atoms with Crippen LogP contribution in [-0.4, -0.2) is 25.5 Å². The highest BCUT2D eigenvalue weighted by atomic mass is 16.5. The number of ether oxygens (including phenoxy) is 2. The quantitative estimate of drug-likeness (QED) is 0.413. The maximum absolute atomic E-state index is 13.1. The number of anilines is 2. The smallest absolute Gasteiger partial charge is 0.293 e. The maximum atomic E-state index is 13.1. The maximum Gasteiger partial charge on any atom is 0.293 e. The van der Waals surface area contributed by atoms with Gasteiger partial charge < -0.3 is 24.5 Å². The van der Waals surface area contributed by atoms with Crippen molar-refractivity contribution < 1.29 is 23.5 Å². The summed E-state index contributed by atoms with van der Waals surface area (Å²) in [7, 11) is 1.52. The molecule has 0 radical (unpaired) electrons. The third-order valence-corrected chi connectivity index (χ3v) is 4.82. The lowest BCUT2D eigenvalue weighted by atomic mass is 10.1. The summed E-state index contributed by atoms with van der Waals surface area (Å²) in [4.78, 5) is 26.0. The molecule has 1 heterocycles. The first kappa shape index (κ1) is 21.0. The van der Waals surface area contributed by atoms with Crippen molar-refractivity contribution in [3.05, 3.63) is 84.1 Å². The Kier molecular flexibility index (Phi) is 6.07. The molecule has 4 rings (SSSR count). The fraction of sp³-hybridized carbons (Fsp3) is 0.120. The lowest BCUT2D eigenvalue weighted by molar-refractivity contribution is 0.0999. The summed E-state index contributed by atoms with van der Waals surface area (Å²) in [6.45, 7) is 2.43. The highest BCUT2D eigenvalue weighted by molar-refractivity contribution is 6.17. The molecule has 0 saturated heterocycles. The van der Waals surface area contributed by atoms with Gasteiger partial charge in [-0.25, -0.2) is 0 Å². The Morgan fingerprint density at radius 3 is 2.34 bits per heavy atom. The number of hydrogen-bond acceptors (Lipinski definition) is 5. The van der Waals surface area contributed by atoms with Gasteiger partial charge in [0.25, 0.3) is 11.8 Å². The predicted molar refractivity (Wildman–Crippen MR) is 123 cm³/mol. The second kappa shape index (κ2) is 9.26. The van der Waals surface area contributed by atoms with Gasteiger partial charge in [-0.1, -0.05) is 24.3 Å². The number of fused-ring (bicyclic) bond motifs is 1. The Labute approximate surface area is 184 Å². The van der Waals surface area contributed by atoms with Crippen molar-refractivity contribution in [2.45, 2.75) is 6.92 Å². The van der Waals surface area contributed by atoms with Crippen molar-refractivity contribution in [1.82, 2.24) is 0 Å². The molecule has 2 N–H and O–H groups in total. The van der Waals surface area contributed by atoms with Crippen molar-refractivity contribution in [2.24, 2.45) is 0 Å². The van der Waals surface area contributed by atoms with Crippen LogP contribution in [0.25, 0.3) is 11.0 Å². The van der Waals surface area contributed by atoms with E-state index in [1.54, 1.807) is 66.7 Å². The third kappa shape index (κ3) is 4.27. The van der Waals surface area contributed by atoms with Crippen LogP contribution in [0.4, 0.5) is 11.4 Å². The topological polar surface area (TPSA) is 89.8 Å². The first-order valence-corrected chi connectivity index (χ1v) is 10.1. The van der Waals surface area contributed by atoms with Crippen molar-refractivity contribution in [1.29, 1.82) is 0 Å². The molecule has 1 aromatic heterocycles. The molecule has 0 unspecified atom stereocenters. The van der Waals surface area contributed by atoms with Gasteiger partial charge in [-0.15, -0.1) is 0 Å². The Hall–Kier alpha value is -4.26. The number of para-hydroxylation sites is 3. The monoisotopic (exact) mass is 430 g/mol. The van der Waals surface area contributed by atoms with Gasteiger partial charge in [-0.2, -0.15) is 0 Å². The van der Waals surface area contributed by atoms with E-state index in [4.69, 9.17) is 13.9 Å². The van der Waals surface area contributed by atoms with E-state index in [9.17, 15) is 9.59 Å². The molecule has 162 valence electrons. The minimum atomic E-state index is -0.507. The third-order valence-electron chi connectivity index (χ3n) is 4.82. The molecule has 0 aliphatic carbocycles.